The highest BCUT2D eigenvalue weighted by atomic mass is 32.2. The highest BCUT2D eigenvalue weighted by Gasteiger charge is 2.30. The fourth-order valence-electron chi connectivity index (χ4n) is 2.25. The van der Waals surface area contributed by atoms with E-state index in [9.17, 15) is 24.3 Å². The van der Waals surface area contributed by atoms with Crippen LogP contribution >= 0.6 is 11.8 Å². The first-order valence-corrected chi connectivity index (χ1v) is 10.7. The maximum Gasteiger partial charge on any atom is 0.326 e. The molecule has 0 fully saturated rings. The van der Waals surface area contributed by atoms with E-state index in [2.05, 4.69) is 16.0 Å². The molecular formula is C18H34N4O5S. The molecular weight excluding hydrogens is 384 g/mol. The quantitative estimate of drug-likeness (QED) is 0.298. The van der Waals surface area contributed by atoms with Crippen molar-refractivity contribution in [2.24, 2.45) is 17.6 Å². The number of nitrogens with two attached hydrogens (primary N) is 1. The van der Waals surface area contributed by atoms with Crippen LogP contribution in [-0.2, 0) is 19.2 Å². The smallest absolute Gasteiger partial charge is 0.326 e. The Morgan fingerprint density at radius 1 is 0.893 bits per heavy atom. The Balaban J connectivity index is 5.06. The summed E-state index contributed by atoms with van der Waals surface area (Å²) in [6.45, 7) is 8.46. The number of carboxylic acid groups (broad SMARTS) is 1. The van der Waals surface area contributed by atoms with Crippen molar-refractivity contribution < 1.29 is 24.3 Å². The number of hydrogen-bond donors (Lipinski definition) is 5. The maximum absolute atomic E-state index is 12.5. The Hall–Kier alpha value is -1.81. The SMILES string of the molecule is CSCCC(NC(=O)C(C)NC(=O)C(N)C(C)C)C(=O)NC(C(=O)O)C(C)C. The van der Waals surface area contributed by atoms with E-state index < -0.39 is 47.9 Å². The third kappa shape index (κ3) is 8.92. The van der Waals surface area contributed by atoms with Crippen molar-refractivity contribution in [1.29, 1.82) is 0 Å². The molecule has 0 bridgehead atoms. The van der Waals surface area contributed by atoms with Crippen LogP contribution in [0, 0.1) is 11.8 Å². The molecule has 4 atom stereocenters. The zero-order valence-electron chi connectivity index (χ0n) is 17.4. The van der Waals surface area contributed by atoms with Gasteiger partial charge < -0.3 is 26.8 Å². The van der Waals surface area contributed by atoms with Gasteiger partial charge in [-0.05, 0) is 37.2 Å². The van der Waals surface area contributed by atoms with Gasteiger partial charge >= 0.3 is 5.97 Å². The second kappa shape index (κ2) is 12.6. The van der Waals surface area contributed by atoms with Crippen LogP contribution < -0.4 is 21.7 Å². The molecule has 0 aliphatic rings. The van der Waals surface area contributed by atoms with Gasteiger partial charge in [0.2, 0.25) is 17.7 Å². The van der Waals surface area contributed by atoms with Gasteiger partial charge in [0.15, 0.2) is 0 Å². The lowest BCUT2D eigenvalue weighted by atomic mass is 10.0. The van der Waals surface area contributed by atoms with E-state index in [-0.39, 0.29) is 11.8 Å². The molecule has 28 heavy (non-hydrogen) atoms. The van der Waals surface area contributed by atoms with Gasteiger partial charge in [0.25, 0.3) is 0 Å². The summed E-state index contributed by atoms with van der Waals surface area (Å²) in [5.41, 5.74) is 5.77. The number of carboxylic acids is 1. The molecule has 10 heteroatoms. The van der Waals surface area contributed by atoms with Gasteiger partial charge in [0.1, 0.15) is 18.1 Å². The summed E-state index contributed by atoms with van der Waals surface area (Å²) in [7, 11) is 0. The number of aliphatic carboxylic acids is 1. The zero-order chi connectivity index (χ0) is 22.0. The number of thioether (sulfide) groups is 1. The fourth-order valence-corrected chi connectivity index (χ4v) is 2.72. The standard InChI is InChI=1S/C18H34N4O5S/c1-9(2)13(19)17(25)20-11(5)15(23)21-12(7-8-28-6)16(24)22-14(10(3)4)18(26)27/h9-14H,7-8,19H2,1-6H3,(H,20,25)(H,21,23)(H,22,24)(H,26,27). The molecule has 0 aliphatic heterocycles. The predicted molar refractivity (Wildman–Crippen MR) is 110 cm³/mol. The summed E-state index contributed by atoms with van der Waals surface area (Å²) in [4.78, 5) is 48.3. The largest absolute Gasteiger partial charge is 0.480 e. The van der Waals surface area contributed by atoms with Crippen molar-refractivity contribution >= 4 is 35.5 Å². The highest BCUT2D eigenvalue weighted by Crippen LogP contribution is 2.06. The van der Waals surface area contributed by atoms with E-state index in [4.69, 9.17) is 5.73 Å². The topological polar surface area (TPSA) is 151 Å². The van der Waals surface area contributed by atoms with Gasteiger partial charge in [-0.1, -0.05) is 27.7 Å². The average molecular weight is 419 g/mol. The highest BCUT2D eigenvalue weighted by molar-refractivity contribution is 7.98. The van der Waals surface area contributed by atoms with E-state index >= 15 is 0 Å². The van der Waals surface area contributed by atoms with E-state index in [1.54, 1.807) is 27.7 Å². The molecule has 9 nitrogen and oxygen atoms in total. The monoisotopic (exact) mass is 418 g/mol. The maximum atomic E-state index is 12.5. The Labute approximate surface area is 170 Å². The minimum absolute atomic E-state index is 0.0839. The van der Waals surface area contributed by atoms with E-state index in [1.807, 2.05) is 6.26 Å². The molecule has 0 saturated carbocycles. The molecule has 0 spiro atoms. The third-order valence-corrected chi connectivity index (χ3v) is 4.89. The van der Waals surface area contributed by atoms with Crippen molar-refractivity contribution in [3.63, 3.8) is 0 Å². The van der Waals surface area contributed by atoms with Gasteiger partial charge in [0, 0.05) is 0 Å². The summed E-state index contributed by atoms with van der Waals surface area (Å²) in [6.07, 6.45) is 2.19. The minimum Gasteiger partial charge on any atom is -0.480 e. The van der Waals surface area contributed by atoms with Crippen molar-refractivity contribution in [3.05, 3.63) is 0 Å². The van der Waals surface area contributed by atoms with Crippen molar-refractivity contribution in [1.82, 2.24) is 16.0 Å². The predicted octanol–water partition coefficient (Wildman–Crippen LogP) is -0.0623. The van der Waals surface area contributed by atoms with Gasteiger partial charge in [-0.15, -0.1) is 0 Å². The molecule has 0 radical (unpaired) electrons. The Morgan fingerprint density at radius 2 is 1.46 bits per heavy atom. The van der Waals surface area contributed by atoms with Crippen LogP contribution in [-0.4, -0.2) is 65.0 Å². The minimum atomic E-state index is -1.14. The summed E-state index contributed by atoms with van der Waals surface area (Å²) in [5, 5.41) is 16.9. The number of rotatable bonds is 12. The van der Waals surface area contributed by atoms with Crippen molar-refractivity contribution in [3.8, 4) is 0 Å². The first-order valence-electron chi connectivity index (χ1n) is 9.30. The Morgan fingerprint density at radius 3 is 1.89 bits per heavy atom. The lowest BCUT2D eigenvalue weighted by Crippen LogP contribution is -2.57. The van der Waals surface area contributed by atoms with Gasteiger partial charge in [-0.25, -0.2) is 4.79 Å². The Bertz CT molecular complexity index is 556. The van der Waals surface area contributed by atoms with E-state index in [0.717, 1.165) is 0 Å². The number of carbonyl (C=O) groups excluding carboxylic acids is 3. The molecule has 0 rings (SSSR count). The zero-order valence-corrected chi connectivity index (χ0v) is 18.3. The van der Waals surface area contributed by atoms with E-state index in [0.29, 0.717) is 12.2 Å². The van der Waals surface area contributed by atoms with Crippen molar-refractivity contribution in [2.45, 2.75) is 65.2 Å². The molecule has 0 aromatic heterocycles. The number of nitrogens with one attached hydrogen (secondary N) is 3. The van der Waals surface area contributed by atoms with Crippen LogP contribution in [0.25, 0.3) is 0 Å². The first-order chi connectivity index (χ1) is 12.9. The van der Waals surface area contributed by atoms with Crippen LogP contribution in [0.3, 0.4) is 0 Å². The number of amides is 3. The van der Waals surface area contributed by atoms with Gasteiger partial charge in [-0.2, -0.15) is 11.8 Å². The second-order valence-electron chi connectivity index (χ2n) is 7.41. The second-order valence-corrected chi connectivity index (χ2v) is 8.40. The molecule has 4 unspecified atom stereocenters. The lowest BCUT2D eigenvalue weighted by Gasteiger charge is -2.25. The molecule has 0 aliphatic carbocycles. The van der Waals surface area contributed by atoms with E-state index in [1.165, 1.54) is 18.7 Å². The molecule has 6 N–H and O–H groups in total. The Kier molecular flexibility index (Phi) is 11.8. The van der Waals surface area contributed by atoms with Gasteiger partial charge in [-0.3, -0.25) is 14.4 Å². The van der Waals surface area contributed by atoms with Crippen LogP contribution in [0.2, 0.25) is 0 Å². The summed E-state index contributed by atoms with van der Waals surface area (Å²) >= 11 is 1.50. The third-order valence-electron chi connectivity index (χ3n) is 4.25. The first kappa shape index (κ1) is 26.2. The molecule has 3 amide bonds. The summed E-state index contributed by atoms with van der Waals surface area (Å²) in [5.74, 6) is -2.50. The average Bonchev–Trinajstić information content (AvgIpc) is 2.60. The van der Waals surface area contributed by atoms with Crippen LogP contribution in [0.15, 0.2) is 0 Å². The van der Waals surface area contributed by atoms with Gasteiger partial charge in [0.05, 0.1) is 6.04 Å². The number of hydrogen-bond acceptors (Lipinski definition) is 6. The molecule has 162 valence electrons. The van der Waals surface area contributed by atoms with Crippen LogP contribution in [0.5, 0.6) is 0 Å². The fraction of sp³-hybridized carbons (Fsp3) is 0.778. The van der Waals surface area contributed by atoms with Crippen LogP contribution in [0.4, 0.5) is 0 Å². The number of carbonyl (C=O) groups is 4. The summed E-state index contributed by atoms with van der Waals surface area (Å²) in [6, 6.07) is -3.59. The molecule has 0 saturated heterocycles. The summed E-state index contributed by atoms with van der Waals surface area (Å²) < 4.78 is 0. The molecule has 0 aromatic carbocycles. The lowest BCUT2D eigenvalue weighted by molar-refractivity contribution is -0.143. The van der Waals surface area contributed by atoms with Crippen molar-refractivity contribution in [2.75, 3.05) is 12.0 Å². The van der Waals surface area contributed by atoms with Crippen LogP contribution in [0.1, 0.15) is 41.0 Å². The normalized spacial score (nSPS) is 15.5. The molecule has 0 heterocycles. The molecule has 0 aromatic rings.